The molecule has 4 heteroatoms. The SMILES string of the molecule is CCC1=C(N)C(=S)C(C)C(=S)C1N. The molecule has 0 radical (unpaired) electrons. The monoisotopic (exact) mass is 214 g/mol. The van der Waals surface area contributed by atoms with Crippen LogP contribution in [0.2, 0.25) is 0 Å². The van der Waals surface area contributed by atoms with Crippen molar-refractivity contribution in [2.24, 2.45) is 17.4 Å². The molecule has 0 heterocycles. The molecule has 13 heavy (non-hydrogen) atoms. The van der Waals surface area contributed by atoms with Crippen LogP contribution in [0.4, 0.5) is 0 Å². The Balaban J connectivity index is 3.18. The van der Waals surface area contributed by atoms with Gasteiger partial charge in [0.1, 0.15) is 0 Å². The Morgan fingerprint density at radius 1 is 1.38 bits per heavy atom. The molecule has 1 aliphatic carbocycles. The molecule has 0 saturated carbocycles. The van der Waals surface area contributed by atoms with Crippen molar-refractivity contribution in [3.05, 3.63) is 11.3 Å². The minimum atomic E-state index is -0.179. The first-order valence-electron chi connectivity index (χ1n) is 4.32. The molecule has 0 amide bonds. The zero-order valence-corrected chi connectivity index (χ0v) is 9.47. The molecule has 2 nitrogen and oxygen atoms in total. The predicted molar refractivity (Wildman–Crippen MR) is 63.8 cm³/mol. The van der Waals surface area contributed by atoms with E-state index in [-0.39, 0.29) is 12.0 Å². The molecule has 0 saturated heterocycles. The van der Waals surface area contributed by atoms with Gasteiger partial charge < -0.3 is 11.5 Å². The second kappa shape index (κ2) is 3.82. The summed E-state index contributed by atoms with van der Waals surface area (Å²) in [6.45, 7) is 3.98. The average Bonchev–Trinajstić information content (AvgIpc) is 2.13. The second-order valence-corrected chi connectivity index (χ2v) is 4.17. The predicted octanol–water partition coefficient (Wildman–Crippen LogP) is 1.33. The van der Waals surface area contributed by atoms with E-state index < -0.39 is 0 Å². The first kappa shape index (κ1) is 10.8. The molecule has 0 spiro atoms. The van der Waals surface area contributed by atoms with Crippen LogP contribution in [0.15, 0.2) is 11.3 Å². The van der Waals surface area contributed by atoms with Crippen LogP contribution in [0.25, 0.3) is 0 Å². The largest absolute Gasteiger partial charge is 0.398 e. The number of allylic oxidation sites excluding steroid dienone is 1. The third-order valence-electron chi connectivity index (χ3n) is 2.49. The Bertz CT molecular complexity index is 294. The van der Waals surface area contributed by atoms with E-state index in [0.29, 0.717) is 5.70 Å². The zero-order valence-electron chi connectivity index (χ0n) is 7.83. The second-order valence-electron chi connectivity index (χ2n) is 3.26. The lowest BCUT2D eigenvalue weighted by Crippen LogP contribution is -2.44. The first-order valence-corrected chi connectivity index (χ1v) is 5.14. The summed E-state index contributed by atoms with van der Waals surface area (Å²) in [5, 5.41) is 0. The molecule has 0 aromatic heterocycles. The maximum atomic E-state index is 5.94. The van der Waals surface area contributed by atoms with E-state index in [1.165, 1.54) is 0 Å². The summed E-state index contributed by atoms with van der Waals surface area (Å²) in [5.41, 5.74) is 13.5. The van der Waals surface area contributed by atoms with Gasteiger partial charge in [0.25, 0.3) is 0 Å². The van der Waals surface area contributed by atoms with Gasteiger partial charge in [0.2, 0.25) is 0 Å². The van der Waals surface area contributed by atoms with Crippen molar-refractivity contribution in [1.29, 1.82) is 0 Å². The number of hydrogen-bond donors (Lipinski definition) is 2. The van der Waals surface area contributed by atoms with Gasteiger partial charge in [-0.3, -0.25) is 0 Å². The third kappa shape index (κ3) is 1.66. The molecule has 1 aliphatic rings. The van der Waals surface area contributed by atoms with Gasteiger partial charge in [0, 0.05) is 21.3 Å². The lowest BCUT2D eigenvalue weighted by atomic mass is 9.83. The van der Waals surface area contributed by atoms with E-state index in [9.17, 15) is 0 Å². The molecule has 1 rings (SSSR count). The average molecular weight is 214 g/mol. The van der Waals surface area contributed by atoms with Crippen molar-refractivity contribution < 1.29 is 0 Å². The normalized spacial score (nSPS) is 29.8. The highest BCUT2D eigenvalue weighted by Gasteiger charge is 2.30. The summed E-state index contributed by atoms with van der Waals surface area (Å²) in [4.78, 5) is 1.57. The molecule has 2 unspecified atom stereocenters. The summed E-state index contributed by atoms with van der Waals surface area (Å²) < 4.78 is 0. The highest BCUT2D eigenvalue weighted by atomic mass is 32.1. The van der Waals surface area contributed by atoms with E-state index >= 15 is 0 Å². The van der Waals surface area contributed by atoms with Crippen molar-refractivity contribution in [2.75, 3.05) is 0 Å². The quantitative estimate of drug-likeness (QED) is 0.647. The fourth-order valence-electron chi connectivity index (χ4n) is 1.54. The molecule has 0 aliphatic heterocycles. The molecule has 0 bridgehead atoms. The summed E-state index contributed by atoms with van der Waals surface area (Å²) in [7, 11) is 0. The number of nitrogens with two attached hydrogens (primary N) is 2. The van der Waals surface area contributed by atoms with Crippen molar-refractivity contribution in [3.63, 3.8) is 0 Å². The van der Waals surface area contributed by atoms with Crippen LogP contribution in [0.3, 0.4) is 0 Å². The van der Waals surface area contributed by atoms with Crippen molar-refractivity contribution in [1.82, 2.24) is 0 Å². The van der Waals surface area contributed by atoms with Crippen molar-refractivity contribution in [2.45, 2.75) is 26.3 Å². The molecule has 4 N–H and O–H groups in total. The van der Waals surface area contributed by atoms with Crippen LogP contribution in [0.1, 0.15) is 20.3 Å². The van der Waals surface area contributed by atoms with Crippen LogP contribution in [-0.4, -0.2) is 15.8 Å². The van der Waals surface area contributed by atoms with Gasteiger partial charge in [-0.1, -0.05) is 38.3 Å². The smallest absolute Gasteiger partial charge is 0.0604 e. The van der Waals surface area contributed by atoms with Crippen LogP contribution in [-0.2, 0) is 0 Å². The summed E-state index contributed by atoms with van der Waals surface area (Å²) in [6.07, 6.45) is 0.819. The Kier molecular flexibility index (Phi) is 3.16. The van der Waals surface area contributed by atoms with E-state index in [1.807, 2.05) is 13.8 Å². The highest BCUT2D eigenvalue weighted by Crippen LogP contribution is 2.24. The molecule has 2 atom stereocenters. The molecule has 0 aromatic rings. The first-order chi connectivity index (χ1) is 6.00. The topological polar surface area (TPSA) is 52.0 Å². The van der Waals surface area contributed by atoms with Gasteiger partial charge in [0.15, 0.2) is 0 Å². The van der Waals surface area contributed by atoms with Gasteiger partial charge in [-0.25, -0.2) is 0 Å². The minimum absolute atomic E-state index is 0.0651. The maximum Gasteiger partial charge on any atom is 0.0604 e. The maximum absolute atomic E-state index is 5.94. The van der Waals surface area contributed by atoms with Gasteiger partial charge in [0.05, 0.1) is 6.04 Å². The Hall–Kier alpha value is -0.320. The molecular weight excluding hydrogens is 200 g/mol. The Morgan fingerprint density at radius 2 is 1.92 bits per heavy atom. The standard InChI is InChI=1S/C9H14N2S2/c1-3-5-6(10)8(12)4(2)9(13)7(5)11/h4,6H,3,10-11H2,1-2H3. The fraction of sp³-hybridized carbons (Fsp3) is 0.556. The van der Waals surface area contributed by atoms with Gasteiger partial charge in [-0.15, -0.1) is 0 Å². The van der Waals surface area contributed by atoms with E-state index in [2.05, 4.69) is 0 Å². The number of thiocarbonyl (C=S) groups is 2. The Morgan fingerprint density at radius 3 is 2.38 bits per heavy atom. The number of rotatable bonds is 1. The van der Waals surface area contributed by atoms with Gasteiger partial charge in [-0.2, -0.15) is 0 Å². The summed E-state index contributed by atoms with van der Waals surface area (Å²) >= 11 is 10.4. The van der Waals surface area contributed by atoms with Crippen LogP contribution >= 0.6 is 24.4 Å². The number of hydrogen-bond acceptors (Lipinski definition) is 4. The van der Waals surface area contributed by atoms with Gasteiger partial charge in [-0.05, 0) is 12.0 Å². The Labute approximate surface area is 89.4 Å². The summed E-state index contributed by atoms with van der Waals surface area (Å²) in [6, 6.07) is -0.179. The highest BCUT2D eigenvalue weighted by molar-refractivity contribution is 7.82. The zero-order chi connectivity index (χ0) is 10.2. The van der Waals surface area contributed by atoms with Gasteiger partial charge >= 0.3 is 0 Å². The van der Waals surface area contributed by atoms with E-state index in [4.69, 9.17) is 35.9 Å². The fourth-order valence-corrected chi connectivity index (χ4v) is 2.13. The molecular formula is C9H14N2S2. The van der Waals surface area contributed by atoms with E-state index in [0.717, 1.165) is 21.7 Å². The van der Waals surface area contributed by atoms with E-state index in [1.54, 1.807) is 0 Å². The lowest BCUT2D eigenvalue weighted by Gasteiger charge is -2.29. The summed E-state index contributed by atoms with van der Waals surface area (Å²) in [5.74, 6) is 0.0651. The van der Waals surface area contributed by atoms with Crippen LogP contribution in [0.5, 0.6) is 0 Å². The third-order valence-corrected chi connectivity index (χ3v) is 3.68. The van der Waals surface area contributed by atoms with Crippen molar-refractivity contribution in [3.8, 4) is 0 Å². The van der Waals surface area contributed by atoms with Crippen LogP contribution in [0, 0.1) is 5.92 Å². The van der Waals surface area contributed by atoms with Crippen molar-refractivity contribution >= 4 is 34.2 Å². The van der Waals surface area contributed by atoms with Crippen LogP contribution < -0.4 is 11.5 Å². The lowest BCUT2D eigenvalue weighted by molar-refractivity contribution is 0.850. The molecule has 0 aromatic carbocycles. The molecule has 0 fully saturated rings. The molecule has 72 valence electrons. The minimum Gasteiger partial charge on any atom is -0.398 e.